The first-order valence-electron chi connectivity index (χ1n) is 22.1. The van der Waals surface area contributed by atoms with Crippen molar-refractivity contribution < 1.29 is 43.5 Å². The number of rotatable bonds is 22. The maximum Gasteiger partial charge on any atom is 0.239 e. The Morgan fingerprint density at radius 1 is 0.949 bits per heavy atom. The Hall–Kier alpha value is -4.32. The summed E-state index contributed by atoms with van der Waals surface area (Å²) >= 11 is 0. The molecule has 5 aliphatic rings. The van der Waals surface area contributed by atoms with E-state index < -0.39 is 17.7 Å². The molecule has 6 unspecified atom stereocenters. The van der Waals surface area contributed by atoms with Gasteiger partial charge < -0.3 is 43.6 Å². The number of carbonyl (C=O) groups excluding carboxylic acids is 1. The molecule has 2 saturated carbocycles. The molecule has 0 saturated heterocycles. The molecule has 0 bridgehead atoms. The van der Waals surface area contributed by atoms with Crippen molar-refractivity contribution in [2.45, 2.75) is 115 Å². The van der Waals surface area contributed by atoms with E-state index in [0.29, 0.717) is 68.6 Å². The van der Waals surface area contributed by atoms with Crippen LogP contribution < -0.4 is 18.9 Å². The molecule has 0 radical (unpaired) electrons. The van der Waals surface area contributed by atoms with Crippen LogP contribution in [0.15, 0.2) is 78.5 Å². The number of carbonyl (C=O) groups is 1. The summed E-state index contributed by atoms with van der Waals surface area (Å²) in [4.78, 5) is 23.0. The van der Waals surface area contributed by atoms with Crippen molar-refractivity contribution >= 4 is 11.6 Å². The highest BCUT2D eigenvalue weighted by Gasteiger charge is 2.65. The summed E-state index contributed by atoms with van der Waals surface area (Å²) in [7, 11) is 0. The molecule has 11 heteroatoms. The molecule has 3 aliphatic carbocycles. The number of allylic oxidation sites excluding steroid dienone is 1. The van der Waals surface area contributed by atoms with Gasteiger partial charge in [-0.25, -0.2) is 0 Å². The van der Waals surface area contributed by atoms with Gasteiger partial charge in [-0.3, -0.25) is 4.79 Å². The van der Waals surface area contributed by atoms with Gasteiger partial charge in [0.2, 0.25) is 18.5 Å². The van der Waals surface area contributed by atoms with Crippen LogP contribution in [0.1, 0.15) is 107 Å². The fourth-order valence-corrected chi connectivity index (χ4v) is 10.4. The number of benzene rings is 2. The Kier molecular flexibility index (Phi) is 14.7. The lowest BCUT2D eigenvalue weighted by molar-refractivity contribution is -0.258. The Morgan fingerprint density at radius 3 is 2.47 bits per heavy atom. The molecule has 2 aromatic rings. The number of nitrogens with zero attached hydrogens (tertiary/aromatic N) is 2. The molecule has 11 nitrogen and oxygen atoms in total. The zero-order chi connectivity index (χ0) is 41.2. The van der Waals surface area contributed by atoms with E-state index in [0.717, 1.165) is 73.1 Å². The van der Waals surface area contributed by atoms with Crippen LogP contribution in [0, 0.1) is 23.7 Å². The molecule has 2 fully saturated rings. The van der Waals surface area contributed by atoms with Crippen LogP contribution in [0.5, 0.6) is 23.0 Å². The van der Waals surface area contributed by atoms with Gasteiger partial charge in [0.05, 0.1) is 18.2 Å². The van der Waals surface area contributed by atoms with Crippen molar-refractivity contribution in [3.05, 3.63) is 84.5 Å². The van der Waals surface area contributed by atoms with Crippen molar-refractivity contribution in [3.8, 4) is 23.0 Å². The average molecular weight is 813 g/mol. The van der Waals surface area contributed by atoms with Crippen LogP contribution in [-0.2, 0) is 20.9 Å². The lowest BCUT2D eigenvalue weighted by Crippen LogP contribution is -2.70. The zero-order valence-electron chi connectivity index (χ0n) is 34.9. The maximum atomic E-state index is 15.1. The number of hydrogen-bond acceptors (Lipinski definition) is 10. The van der Waals surface area contributed by atoms with Gasteiger partial charge in [0, 0.05) is 44.1 Å². The van der Waals surface area contributed by atoms with Crippen molar-refractivity contribution in [1.29, 1.82) is 0 Å². The molecule has 59 heavy (non-hydrogen) atoms. The van der Waals surface area contributed by atoms with E-state index in [2.05, 4.69) is 25.3 Å². The van der Waals surface area contributed by atoms with Gasteiger partial charge in [0.1, 0.15) is 30.8 Å². The Balaban J connectivity index is 1.42. The summed E-state index contributed by atoms with van der Waals surface area (Å²) < 4.78 is 32.2. The first-order valence-corrected chi connectivity index (χ1v) is 22.1. The number of hydrogen-bond donors (Lipinski definition) is 2. The topological polar surface area (TPSA) is 129 Å². The molecule has 6 atom stereocenters. The predicted octanol–water partition coefficient (Wildman–Crippen LogP) is 8.63. The molecule has 2 heterocycles. The quantitative estimate of drug-likeness (QED) is 0.0683. The van der Waals surface area contributed by atoms with Crippen molar-refractivity contribution in [3.63, 3.8) is 0 Å². The van der Waals surface area contributed by atoms with Gasteiger partial charge >= 0.3 is 0 Å². The zero-order valence-corrected chi connectivity index (χ0v) is 34.9. The SMILES string of the molecule is C=CCOc1ccc2c(c1)C1C(CCCCO)C(CCCCO)C=C3C(=NOCC)CC(N(Cc4ccc5c(c4)OCO5)C(=O)CCC4CCCC4)C(OCC=C)(O2)C31. The third-order valence-corrected chi connectivity index (χ3v) is 13.0. The monoisotopic (exact) mass is 812 g/mol. The summed E-state index contributed by atoms with van der Waals surface area (Å²) in [5.74, 6) is 1.73. The number of fused-ring (bicyclic) bond motifs is 3. The molecule has 2 N–H and O–H groups in total. The molecule has 2 aromatic carbocycles. The lowest BCUT2D eigenvalue weighted by Gasteiger charge is -2.60. The summed E-state index contributed by atoms with van der Waals surface area (Å²) in [6.45, 7) is 11.5. The van der Waals surface area contributed by atoms with Crippen LogP contribution in [0.25, 0.3) is 0 Å². The molecular formula is C48H64N2O9. The summed E-state index contributed by atoms with van der Waals surface area (Å²) in [5.41, 5.74) is 3.74. The van der Waals surface area contributed by atoms with Crippen molar-refractivity contribution in [2.24, 2.45) is 28.8 Å². The van der Waals surface area contributed by atoms with E-state index in [1.165, 1.54) is 12.8 Å². The van der Waals surface area contributed by atoms with Crippen LogP contribution >= 0.6 is 0 Å². The molecule has 7 rings (SSSR count). The fraction of sp³-hybridized carbons (Fsp3) is 0.583. The highest BCUT2D eigenvalue weighted by molar-refractivity contribution is 6.03. The van der Waals surface area contributed by atoms with Gasteiger partial charge in [-0.15, -0.1) is 6.58 Å². The minimum atomic E-state index is -1.34. The lowest BCUT2D eigenvalue weighted by atomic mass is 9.55. The van der Waals surface area contributed by atoms with E-state index in [-0.39, 0.29) is 50.3 Å². The number of ether oxygens (including phenoxy) is 5. The first kappa shape index (κ1) is 42.8. The normalized spacial score (nSPS) is 26.1. The smallest absolute Gasteiger partial charge is 0.239 e. The predicted molar refractivity (Wildman–Crippen MR) is 227 cm³/mol. The third-order valence-electron chi connectivity index (χ3n) is 13.0. The molecule has 0 spiro atoms. The van der Waals surface area contributed by atoms with Crippen LogP contribution in [0.3, 0.4) is 0 Å². The van der Waals surface area contributed by atoms with Crippen molar-refractivity contribution in [1.82, 2.24) is 4.90 Å². The van der Waals surface area contributed by atoms with Crippen molar-refractivity contribution in [2.75, 3.05) is 39.8 Å². The van der Waals surface area contributed by atoms with E-state index >= 15 is 4.79 Å². The number of unbranched alkanes of at least 4 members (excludes halogenated alkanes) is 2. The highest BCUT2D eigenvalue weighted by Crippen LogP contribution is 2.62. The second kappa shape index (κ2) is 20.3. The van der Waals surface area contributed by atoms with Crippen LogP contribution in [0.2, 0.25) is 0 Å². The standard InChI is InChI=1S/C48H64N2O9/c1-4-25-54-36-19-21-41-39(29-36)46-37(16-10-12-24-52)35(15-9-11-23-51)28-38-40(49-58-6-3)30-44(48(59-41,47(38)46)57-26-5-2)50(45(53)22-18-33-13-7-8-14-33)31-34-17-20-42-43(27-34)56-32-55-42/h4-5,17,19-21,27-29,33,35,37,44,46-47,51-52H,1-2,6-16,18,22-26,30-32H2,3H3. The molecule has 320 valence electrons. The molecular weight excluding hydrogens is 749 g/mol. The second-order valence-electron chi connectivity index (χ2n) is 16.7. The number of oxime groups is 1. The molecule has 2 aliphatic heterocycles. The average Bonchev–Trinajstić information content (AvgIpc) is 3.96. The fourth-order valence-electron chi connectivity index (χ4n) is 10.4. The maximum absolute atomic E-state index is 15.1. The van der Waals surface area contributed by atoms with Crippen LogP contribution in [-0.4, -0.2) is 78.4 Å². The minimum Gasteiger partial charge on any atom is -0.490 e. The number of aliphatic hydroxyl groups excluding tert-OH is 2. The van der Waals surface area contributed by atoms with Gasteiger partial charge in [-0.05, 0) is 98.2 Å². The number of aliphatic hydroxyl groups is 2. The van der Waals surface area contributed by atoms with Gasteiger partial charge in [-0.2, -0.15) is 0 Å². The van der Waals surface area contributed by atoms with E-state index in [1.807, 2.05) is 42.2 Å². The Morgan fingerprint density at radius 2 is 1.71 bits per heavy atom. The van der Waals surface area contributed by atoms with E-state index in [1.54, 1.807) is 12.2 Å². The second-order valence-corrected chi connectivity index (χ2v) is 16.7. The molecule has 0 aromatic heterocycles. The van der Waals surface area contributed by atoms with Gasteiger partial charge in [-0.1, -0.05) is 74.6 Å². The molecule has 1 amide bonds. The Labute approximate surface area is 350 Å². The number of amides is 1. The van der Waals surface area contributed by atoms with E-state index in [4.69, 9.17) is 33.7 Å². The van der Waals surface area contributed by atoms with Gasteiger partial charge in [0.15, 0.2) is 11.5 Å². The highest BCUT2D eigenvalue weighted by atomic mass is 16.7. The largest absolute Gasteiger partial charge is 0.490 e. The summed E-state index contributed by atoms with van der Waals surface area (Å²) in [6.07, 6.45) is 17.0. The summed E-state index contributed by atoms with van der Waals surface area (Å²) in [5, 5.41) is 24.7. The summed E-state index contributed by atoms with van der Waals surface area (Å²) in [6, 6.07) is 11.3. The minimum absolute atomic E-state index is 0.0423. The van der Waals surface area contributed by atoms with E-state index in [9.17, 15) is 10.2 Å². The third kappa shape index (κ3) is 9.37. The Bertz CT molecular complexity index is 1820. The van der Waals surface area contributed by atoms with Crippen LogP contribution in [0.4, 0.5) is 0 Å². The van der Waals surface area contributed by atoms with Gasteiger partial charge in [0.25, 0.3) is 0 Å². The first-order chi connectivity index (χ1) is 28.9.